The quantitative estimate of drug-likeness (QED) is 0.866. The van der Waals surface area contributed by atoms with Gasteiger partial charge in [-0.25, -0.2) is 14.8 Å². The summed E-state index contributed by atoms with van der Waals surface area (Å²) in [4.78, 5) is 18.8. The van der Waals surface area contributed by atoms with E-state index in [1.807, 2.05) is 5.38 Å². The molecule has 0 aliphatic carbocycles. The third kappa shape index (κ3) is 3.04. The second kappa shape index (κ2) is 5.59. The van der Waals surface area contributed by atoms with E-state index >= 15 is 0 Å². The number of pyridine rings is 1. The fourth-order valence-electron chi connectivity index (χ4n) is 1.49. The van der Waals surface area contributed by atoms with Crippen LogP contribution in [0.3, 0.4) is 0 Å². The maximum absolute atomic E-state index is 10.8. The summed E-state index contributed by atoms with van der Waals surface area (Å²) in [6.07, 6.45) is 3.27. The summed E-state index contributed by atoms with van der Waals surface area (Å²) in [6, 6.07) is 3.28. The number of carbonyl (C=O) groups is 1. The summed E-state index contributed by atoms with van der Waals surface area (Å²) in [7, 11) is 0. The van der Waals surface area contributed by atoms with Gasteiger partial charge in [-0.05, 0) is 12.1 Å². The van der Waals surface area contributed by atoms with Gasteiger partial charge in [0.15, 0.2) is 0 Å². The lowest BCUT2D eigenvalue weighted by Gasteiger charge is -2.11. The van der Waals surface area contributed by atoms with Gasteiger partial charge in [0.05, 0.1) is 5.01 Å². The molecule has 2 aromatic heterocycles. The van der Waals surface area contributed by atoms with E-state index in [2.05, 4.69) is 22.2 Å². The van der Waals surface area contributed by atoms with Crippen molar-refractivity contribution in [2.24, 2.45) is 0 Å². The second-order valence-electron chi connectivity index (χ2n) is 3.89. The number of hydrogen-bond acceptors (Lipinski definition) is 5. The lowest BCUT2D eigenvalue weighted by atomic mass is 10.2. The minimum absolute atomic E-state index is 0.0434. The van der Waals surface area contributed by atoms with E-state index in [1.165, 1.54) is 12.3 Å². The van der Waals surface area contributed by atoms with Gasteiger partial charge < -0.3 is 10.4 Å². The molecule has 0 aromatic carbocycles. The van der Waals surface area contributed by atoms with Crippen molar-refractivity contribution in [3.05, 3.63) is 40.6 Å². The zero-order valence-electron chi connectivity index (χ0n) is 9.83. The van der Waals surface area contributed by atoms with Gasteiger partial charge >= 0.3 is 5.97 Å². The lowest BCUT2D eigenvalue weighted by molar-refractivity contribution is 0.0690. The Kier molecular flexibility index (Phi) is 3.88. The molecule has 6 heteroatoms. The predicted octanol–water partition coefficient (Wildman–Crippen LogP) is 2.45. The van der Waals surface area contributed by atoms with Crippen LogP contribution in [-0.2, 0) is 0 Å². The molecule has 0 saturated carbocycles. The standard InChI is InChI=1S/C12H13N3O2S/c1-8(11-14-4-5-18-11)7-15-9-2-3-13-10(6-9)12(16)17/h2-6,8H,7H2,1H3,(H,13,15)(H,16,17). The number of thiazole rings is 1. The molecule has 0 fully saturated rings. The Balaban J connectivity index is 1.98. The molecule has 18 heavy (non-hydrogen) atoms. The van der Waals surface area contributed by atoms with E-state index in [9.17, 15) is 4.79 Å². The van der Waals surface area contributed by atoms with Crippen LogP contribution in [0.4, 0.5) is 5.69 Å². The zero-order chi connectivity index (χ0) is 13.0. The monoisotopic (exact) mass is 263 g/mol. The third-order valence-electron chi connectivity index (χ3n) is 2.46. The molecule has 1 unspecified atom stereocenters. The highest BCUT2D eigenvalue weighted by Gasteiger charge is 2.09. The molecule has 0 spiro atoms. The Labute approximate surface area is 109 Å². The number of nitrogens with zero attached hydrogens (tertiary/aromatic N) is 2. The van der Waals surface area contributed by atoms with Crippen LogP contribution in [0, 0.1) is 0 Å². The Morgan fingerprint density at radius 2 is 2.33 bits per heavy atom. The van der Waals surface area contributed by atoms with Crippen LogP contribution in [0.15, 0.2) is 29.9 Å². The molecule has 0 saturated heterocycles. The SMILES string of the molecule is CC(CNc1ccnc(C(=O)O)c1)c1nccs1. The average molecular weight is 263 g/mol. The van der Waals surface area contributed by atoms with Crippen LogP contribution in [-0.4, -0.2) is 27.6 Å². The third-order valence-corrected chi connectivity index (χ3v) is 3.47. The summed E-state index contributed by atoms with van der Waals surface area (Å²) < 4.78 is 0. The van der Waals surface area contributed by atoms with Crippen molar-refractivity contribution in [2.75, 3.05) is 11.9 Å². The molecule has 1 atom stereocenters. The molecule has 2 aromatic rings. The van der Waals surface area contributed by atoms with E-state index in [0.29, 0.717) is 6.54 Å². The average Bonchev–Trinajstić information content (AvgIpc) is 2.90. The van der Waals surface area contributed by atoms with Crippen LogP contribution >= 0.6 is 11.3 Å². The number of nitrogens with one attached hydrogen (secondary N) is 1. The fourth-order valence-corrected chi connectivity index (χ4v) is 2.19. The van der Waals surface area contributed by atoms with E-state index < -0.39 is 5.97 Å². The largest absolute Gasteiger partial charge is 0.477 e. The molecule has 0 aliphatic rings. The first-order chi connectivity index (χ1) is 8.66. The van der Waals surface area contributed by atoms with Crippen molar-refractivity contribution in [1.82, 2.24) is 9.97 Å². The van der Waals surface area contributed by atoms with Crippen molar-refractivity contribution < 1.29 is 9.90 Å². The Bertz CT molecular complexity index is 528. The minimum Gasteiger partial charge on any atom is -0.477 e. The molecule has 0 radical (unpaired) electrons. The van der Waals surface area contributed by atoms with Crippen molar-refractivity contribution in [3.63, 3.8) is 0 Å². The summed E-state index contributed by atoms with van der Waals surface area (Å²) in [6.45, 7) is 2.78. The van der Waals surface area contributed by atoms with E-state index in [0.717, 1.165) is 10.7 Å². The fraction of sp³-hybridized carbons (Fsp3) is 0.250. The highest BCUT2D eigenvalue weighted by molar-refractivity contribution is 7.09. The van der Waals surface area contributed by atoms with Gasteiger partial charge in [-0.3, -0.25) is 0 Å². The summed E-state index contributed by atoms with van der Waals surface area (Å²) in [5, 5.41) is 15.0. The molecule has 2 rings (SSSR count). The van der Waals surface area contributed by atoms with E-state index in [1.54, 1.807) is 23.6 Å². The van der Waals surface area contributed by atoms with Gasteiger partial charge in [-0.15, -0.1) is 11.3 Å². The number of rotatable bonds is 5. The smallest absolute Gasteiger partial charge is 0.354 e. The molecular weight excluding hydrogens is 250 g/mol. The first-order valence-electron chi connectivity index (χ1n) is 5.49. The minimum atomic E-state index is -1.02. The first kappa shape index (κ1) is 12.5. The van der Waals surface area contributed by atoms with Gasteiger partial charge in [0.1, 0.15) is 5.69 Å². The molecule has 2 heterocycles. The number of hydrogen-bond donors (Lipinski definition) is 2. The Morgan fingerprint density at radius 3 is 3.00 bits per heavy atom. The number of carboxylic acid groups (broad SMARTS) is 1. The number of carboxylic acids is 1. The molecular formula is C12H13N3O2S. The maximum atomic E-state index is 10.8. The molecule has 94 valence electrons. The second-order valence-corrected chi connectivity index (χ2v) is 4.81. The van der Waals surface area contributed by atoms with Crippen LogP contribution in [0.5, 0.6) is 0 Å². The van der Waals surface area contributed by atoms with Gasteiger partial charge in [-0.1, -0.05) is 6.92 Å². The van der Waals surface area contributed by atoms with Crippen molar-refractivity contribution in [1.29, 1.82) is 0 Å². The summed E-state index contributed by atoms with van der Waals surface area (Å²) in [5.74, 6) is -0.738. The Morgan fingerprint density at radius 1 is 1.50 bits per heavy atom. The van der Waals surface area contributed by atoms with Gasteiger partial charge in [0.25, 0.3) is 0 Å². The lowest BCUT2D eigenvalue weighted by Crippen LogP contribution is -2.10. The van der Waals surface area contributed by atoms with E-state index in [-0.39, 0.29) is 11.6 Å². The van der Waals surface area contributed by atoms with Gasteiger partial charge in [0, 0.05) is 35.9 Å². The predicted molar refractivity (Wildman–Crippen MR) is 70.2 cm³/mol. The van der Waals surface area contributed by atoms with Crippen LogP contribution in [0.25, 0.3) is 0 Å². The summed E-state index contributed by atoms with van der Waals surface area (Å²) in [5.41, 5.74) is 0.799. The Hall–Kier alpha value is -1.95. The molecule has 0 aliphatic heterocycles. The maximum Gasteiger partial charge on any atom is 0.354 e. The summed E-state index contributed by atoms with van der Waals surface area (Å²) >= 11 is 1.62. The van der Waals surface area contributed by atoms with E-state index in [4.69, 9.17) is 5.11 Å². The molecule has 5 nitrogen and oxygen atoms in total. The van der Waals surface area contributed by atoms with Gasteiger partial charge in [-0.2, -0.15) is 0 Å². The van der Waals surface area contributed by atoms with Crippen LogP contribution in [0.2, 0.25) is 0 Å². The highest BCUT2D eigenvalue weighted by atomic mass is 32.1. The van der Waals surface area contributed by atoms with Crippen molar-refractivity contribution in [3.8, 4) is 0 Å². The molecule has 0 amide bonds. The normalized spacial score (nSPS) is 12.1. The number of anilines is 1. The number of aromatic carboxylic acids is 1. The first-order valence-corrected chi connectivity index (χ1v) is 6.37. The molecule has 2 N–H and O–H groups in total. The zero-order valence-corrected chi connectivity index (χ0v) is 10.6. The van der Waals surface area contributed by atoms with Gasteiger partial charge in [0.2, 0.25) is 0 Å². The topological polar surface area (TPSA) is 75.1 Å². The van der Waals surface area contributed by atoms with Crippen molar-refractivity contribution in [2.45, 2.75) is 12.8 Å². The van der Waals surface area contributed by atoms with Crippen molar-refractivity contribution >= 4 is 23.0 Å². The number of aromatic nitrogens is 2. The molecule has 0 bridgehead atoms. The van der Waals surface area contributed by atoms with Crippen LogP contribution < -0.4 is 5.32 Å². The van der Waals surface area contributed by atoms with Crippen LogP contribution in [0.1, 0.15) is 28.3 Å². The highest BCUT2D eigenvalue weighted by Crippen LogP contribution is 2.18.